The van der Waals surface area contributed by atoms with Crippen molar-refractivity contribution < 1.29 is 31.1 Å². The van der Waals surface area contributed by atoms with E-state index in [1.807, 2.05) is 30.3 Å². The Kier molecular flexibility index (Phi) is 6.46. The van der Waals surface area contributed by atoms with Gasteiger partial charge in [-0.1, -0.05) is 42.5 Å². The molecule has 10 heteroatoms. The number of carbonyl (C=O) groups excluding carboxylic acids is 1. The average Bonchev–Trinajstić information content (AvgIpc) is 2.82. The van der Waals surface area contributed by atoms with E-state index in [0.717, 1.165) is 15.7 Å². The van der Waals surface area contributed by atoms with E-state index in [9.17, 15) is 31.1 Å². The van der Waals surface area contributed by atoms with Crippen LogP contribution in [0, 0.1) is 6.92 Å². The smallest absolute Gasteiger partial charge is 0.337 e. The third-order valence-corrected chi connectivity index (χ3v) is 5.60. The third kappa shape index (κ3) is 5.17. The molecule has 1 aromatic heterocycles. The van der Waals surface area contributed by atoms with Gasteiger partial charge in [0.05, 0.1) is 22.4 Å². The zero-order valence-electron chi connectivity index (χ0n) is 19.1. The second-order valence-corrected chi connectivity index (χ2v) is 8.28. The van der Waals surface area contributed by atoms with E-state index in [2.05, 4.69) is 9.97 Å². The van der Waals surface area contributed by atoms with E-state index >= 15 is 0 Å². The number of amides is 1. The van der Waals surface area contributed by atoms with E-state index in [0.29, 0.717) is 29.2 Å². The lowest BCUT2D eigenvalue weighted by Crippen LogP contribution is -2.27. The Labute approximate surface area is 202 Å². The Balaban J connectivity index is 1.74. The predicted octanol–water partition coefficient (Wildman–Crippen LogP) is 6.92. The first-order valence-corrected chi connectivity index (χ1v) is 10.7. The molecule has 4 rings (SSSR count). The molecule has 0 saturated carbocycles. The quantitative estimate of drug-likeness (QED) is 0.284. The summed E-state index contributed by atoms with van der Waals surface area (Å²) in [5, 5.41) is 1.73. The van der Waals surface area contributed by atoms with Crippen molar-refractivity contribution in [2.45, 2.75) is 25.8 Å². The molecule has 0 aliphatic rings. The van der Waals surface area contributed by atoms with Gasteiger partial charge in [-0.05, 0) is 41.5 Å². The highest BCUT2D eigenvalue weighted by Crippen LogP contribution is 2.37. The molecule has 0 saturated heterocycles. The van der Waals surface area contributed by atoms with Crippen LogP contribution in [-0.2, 0) is 18.9 Å². The van der Waals surface area contributed by atoms with E-state index in [1.54, 1.807) is 19.1 Å². The minimum atomic E-state index is -4.98. The molecular formula is C26H19F6N3O. The van der Waals surface area contributed by atoms with Crippen LogP contribution in [0.15, 0.2) is 66.9 Å². The van der Waals surface area contributed by atoms with Crippen molar-refractivity contribution in [2.24, 2.45) is 0 Å². The van der Waals surface area contributed by atoms with Crippen LogP contribution in [0.4, 0.5) is 26.3 Å². The molecule has 0 N–H and O–H groups in total. The van der Waals surface area contributed by atoms with Gasteiger partial charge in [0.1, 0.15) is 5.82 Å². The first-order valence-electron chi connectivity index (χ1n) is 10.7. The Morgan fingerprint density at radius 1 is 0.889 bits per heavy atom. The molecule has 186 valence electrons. The number of benzene rings is 3. The Morgan fingerprint density at radius 3 is 2.14 bits per heavy atom. The van der Waals surface area contributed by atoms with Crippen molar-refractivity contribution in [1.82, 2.24) is 14.9 Å². The number of aryl methyl sites for hydroxylation is 1. The minimum Gasteiger partial charge on any atom is -0.337 e. The summed E-state index contributed by atoms with van der Waals surface area (Å²) in [5.74, 6) is -0.256. The number of carbonyl (C=O) groups is 1. The molecule has 0 aliphatic heterocycles. The maximum absolute atomic E-state index is 13.4. The fourth-order valence-corrected chi connectivity index (χ4v) is 3.93. The van der Waals surface area contributed by atoms with Gasteiger partial charge in [0.15, 0.2) is 0 Å². The van der Waals surface area contributed by atoms with Crippen molar-refractivity contribution >= 4 is 16.7 Å². The number of halogens is 6. The summed E-state index contributed by atoms with van der Waals surface area (Å²) in [6.45, 7) is 1.16. The Morgan fingerprint density at radius 2 is 1.50 bits per heavy atom. The average molecular weight is 503 g/mol. The third-order valence-electron chi connectivity index (χ3n) is 5.60. The zero-order chi connectivity index (χ0) is 26.3. The fourth-order valence-electron chi connectivity index (χ4n) is 3.93. The standard InChI is InChI=1S/C26H19F6N3O/c1-15-33-13-22(23(34-15)21-9-5-7-17-6-3-4-8-20(17)21)24(36)35(2)14-16-10-18(25(27,28)29)12-19(11-16)26(30,31)32/h3-13H,14H2,1-2H3. The number of rotatable bonds is 4. The molecule has 0 radical (unpaired) electrons. The molecule has 4 aromatic rings. The van der Waals surface area contributed by atoms with Crippen LogP contribution in [0.1, 0.15) is 32.9 Å². The monoisotopic (exact) mass is 503 g/mol. The van der Waals surface area contributed by atoms with Crippen LogP contribution in [0.3, 0.4) is 0 Å². The normalized spacial score (nSPS) is 12.1. The van der Waals surface area contributed by atoms with E-state index < -0.39 is 35.9 Å². The topological polar surface area (TPSA) is 46.1 Å². The molecule has 0 spiro atoms. The molecule has 0 atom stereocenters. The van der Waals surface area contributed by atoms with E-state index in [1.165, 1.54) is 13.2 Å². The van der Waals surface area contributed by atoms with Crippen LogP contribution in [0.5, 0.6) is 0 Å². The lowest BCUT2D eigenvalue weighted by molar-refractivity contribution is -0.143. The van der Waals surface area contributed by atoms with Gasteiger partial charge in [-0.2, -0.15) is 26.3 Å². The molecule has 0 aliphatic carbocycles. The van der Waals surface area contributed by atoms with Crippen LogP contribution in [0.25, 0.3) is 22.0 Å². The SMILES string of the molecule is Cc1ncc(C(=O)N(C)Cc2cc(C(F)(F)F)cc(C(F)(F)F)c2)c(-c2cccc3ccccc23)n1. The molecule has 0 bridgehead atoms. The Hall–Kier alpha value is -3.95. The minimum absolute atomic E-state index is 0.0533. The summed E-state index contributed by atoms with van der Waals surface area (Å²) in [6.07, 6.45) is -8.65. The number of hydrogen-bond donors (Lipinski definition) is 0. The van der Waals surface area contributed by atoms with Gasteiger partial charge in [0.25, 0.3) is 5.91 Å². The number of fused-ring (bicyclic) bond motifs is 1. The van der Waals surface area contributed by atoms with Crippen molar-refractivity contribution in [1.29, 1.82) is 0 Å². The lowest BCUT2D eigenvalue weighted by atomic mass is 9.99. The summed E-state index contributed by atoms with van der Waals surface area (Å²) < 4.78 is 79.4. The molecule has 1 amide bonds. The van der Waals surface area contributed by atoms with E-state index in [-0.39, 0.29) is 17.2 Å². The first kappa shape index (κ1) is 25.2. The fraction of sp³-hybridized carbons (Fsp3) is 0.192. The largest absolute Gasteiger partial charge is 0.416 e. The molecule has 0 unspecified atom stereocenters. The summed E-state index contributed by atoms with van der Waals surface area (Å²) >= 11 is 0. The van der Waals surface area contributed by atoms with Crippen molar-refractivity contribution in [2.75, 3.05) is 7.05 Å². The van der Waals surface area contributed by atoms with Crippen LogP contribution >= 0.6 is 0 Å². The lowest BCUT2D eigenvalue weighted by Gasteiger charge is -2.21. The molecule has 1 heterocycles. The van der Waals surface area contributed by atoms with Crippen molar-refractivity contribution in [3.63, 3.8) is 0 Å². The van der Waals surface area contributed by atoms with Gasteiger partial charge in [0.2, 0.25) is 0 Å². The van der Waals surface area contributed by atoms with Gasteiger partial charge in [-0.15, -0.1) is 0 Å². The Bertz CT molecular complexity index is 1410. The number of aromatic nitrogens is 2. The number of alkyl halides is 6. The maximum Gasteiger partial charge on any atom is 0.416 e. The summed E-state index contributed by atoms with van der Waals surface area (Å²) in [6, 6.07) is 14.2. The van der Waals surface area contributed by atoms with Gasteiger partial charge in [0, 0.05) is 25.4 Å². The molecule has 0 fully saturated rings. The van der Waals surface area contributed by atoms with Crippen molar-refractivity contribution in [3.05, 3.63) is 94.9 Å². The van der Waals surface area contributed by atoms with Crippen molar-refractivity contribution in [3.8, 4) is 11.3 Å². The predicted molar refractivity (Wildman–Crippen MR) is 122 cm³/mol. The first-order chi connectivity index (χ1) is 16.8. The van der Waals surface area contributed by atoms with Gasteiger partial charge < -0.3 is 4.90 Å². The highest BCUT2D eigenvalue weighted by atomic mass is 19.4. The zero-order valence-corrected chi connectivity index (χ0v) is 19.1. The number of nitrogens with zero attached hydrogens (tertiary/aromatic N) is 3. The van der Waals surface area contributed by atoms with Crippen LogP contribution < -0.4 is 0 Å². The maximum atomic E-state index is 13.4. The molecule has 4 nitrogen and oxygen atoms in total. The van der Waals surface area contributed by atoms with Gasteiger partial charge in [-0.3, -0.25) is 4.79 Å². The molecule has 36 heavy (non-hydrogen) atoms. The second kappa shape index (κ2) is 9.25. The van der Waals surface area contributed by atoms with Crippen LogP contribution in [0.2, 0.25) is 0 Å². The second-order valence-electron chi connectivity index (χ2n) is 8.28. The highest BCUT2D eigenvalue weighted by Gasteiger charge is 2.37. The highest BCUT2D eigenvalue weighted by molar-refractivity contribution is 6.04. The summed E-state index contributed by atoms with van der Waals surface area (Å²) in [7, 11) is 1.29. The van der Waals surface area contributed by atoms with Gasteiger partial charge >= 0.3 is 12.4 Å². The van der Waals surface area contributed by atoms with Gasteiger partial charge in [-0.25, -0.2) is 9.97 Å². The summed E-state index contributed by atoms with van der Waals surface area (Å²) in [5.41, 5.74) is -2.16. The van der Waals surface area contributed by atoms with Crippen LogP contribution in [-0.4, -0.2) is 27.8 Å². The molecular weight excluding hydrogens is 484 g/mol. The van der Waals surface area contributed by atoms with E-state index in [4.69, 9.17) is 0 Å². The number of hydrogen-bond acceptors (Lipinski definition) is 3. The summed E-state index contributed by atoms with van der Waals surface area (Å²) in [4.78, 5) is 22.9. The molecule has 3 aromatic carbocycles.